The van der Waals surface area contributed by atoms with Gasteiger partial charge in [-0.2, -0.15) is 0 Å². The van der Waals surface area contributed by atoms with Crippen LogP contribution in [0.4, 0.5) is 4.39 Å². The van der Waals surface area contributed by atoms with E-state index in [0.717, 1.165) is 31.9 Å². The second-order valence-electron chi connectivity index (χ2n) is 6.37. The molecule has 0 spiro atoms. The van der Waals surface area contributed by atoms with Gasteiger partial charge in [0.2, 0.25) is 5.88 Å². The first-order valence-electron chi connectivity index (χ1n) is 8.21. The zero-order valence-corrected chi connectivity index (χ0v) is 13.1. The smallest absolute Gasteiger partial charge is 0.256 e. The number of ether oxygens (including phenoxy) is 1. The van der Waals surface area contributed by atoms with Gasteiger partial charge in [0.25, 0.3) is 5.91 Å². The summed E-state index contributed by atoms with van der Waals surface area (Å²) in [6, 6.07) is 7.11. The maximum absolute atomic E-state index is 13.3. The average Bonchev–Trinajstić information content (AvgIpc) is 2.86. The quantitative estimate of drug-likeness (QED) is 0.870. The molecule has 0 saturated carbocycles. The van der Waals surface area contributed by atoms with Gasteiger partial charge in [-0.1, -0.05) is 6.07 Å². The van der Waals surface area contributed by atoms with E-state index in [-0.39, 0.29) is 24.1 Å². The lowest BCUT2D eigenvalue weighted by molar-refractivity contribution is 0.0347. The number of carbonyl (C=O) groups is 1. The standard InChI is InChI=1S/C18H18FN3O2/c19-13-7-12(10-20-11-13)18(23)22-14-4-5-15(22)9-16(8-14)24-17-3-1-2-6-21-17/h1-3,6-7,10-11,14-16H,4-5,8-9H2. The van der Waals surface area contributed by atoms with E-state index in [1.54, 1.807) is 6.20 Å². The first-order chi connectivity index (χ1) is 11.7. The van der Waals surface area contributed by atoms with Crippen LogP contribution in [0.1, 0.15) is 36.0 Å². The van der Waals surface area contributed by atoms with E-state index in [4.69, 9.17) is 4.74 Å². The fourth-order valence-corrected chi connectivity index (χ4v) is 3.82. The van der Waals surface area contributed by atoms with Gasteiger partial charge >= 0.3 is 0 Å². The highest BCUT2D eigenvalue weighted by Gasteiger charge is 2.44. The molecule has 0 aliphatic carbocycles. The van der Waals surface area contributed by atoms with E-state index in [9.17, 15) is 9.18 Å². The normalized spacial score (nSPS) is 25.5. The summed E-state index contributed by atoms with van der Waals surface area (Å²) in [7, 11) is 0. The molecule has 2 aromatic rings. The molecule has 0 N–H and O–H groups in total. The third-order valence-corrected chi connectivity index (χ3v) is 4.80. The zero-order chi connectivity index (χ0) is 16.5. The number of amides is 1. The number of halogens is 1. The number of fused-ring (bicyclic) bond motifs is 2. The van der Waals surface area contributed by atoms with Crippen molar-refractivity contribution >= 4 is 5.91 Å². The molecule has 4 heterocycles. The lowest BCUT2D eigenvalue weighted by Gasteiger charge is -2.38. The summed E-state index contributed by atoms with van der Waals surface area (Å²) in [5.74, 6) is 0.00311. The van der Waals surface area contributed by atoms with Gasteiger partial charge in [0.1, 0.15) is 11.9 Å². The van der Waals surface area contributed by atoms with Crippen LogP contribution in [0.3, 0.4) is 0 Å². The Morgan fingerprint density at radius 2 is 2.00 bits per heavy atom. The molecule has 2 bridgehead atoms. The maximum Gasteiger partial charge on any atom is 0.256 e. The minimum Gasteiger partial charge on any atom is -0.474 e. The molecule has 2 saturated heterocycles. The van der Waals surface area contributed by atoms with E-state index in [1.807, 2.05) is 23.1 Å². The number of aromatic nitrogens is 2. The molecule has 2 fully saturated rings. The molecule has 2 aliphatic heterocycles. The number of piperidine rings is 1. The zero-order valence-electron chi connectivity index (χ0n) is 13.1. The number of rotatable bonds is 3. The predicted molar refractivity (Wildman–Crippen MR) is 85.1 cm³/mol. The Morgan fingerprint density at radius 1 is 1.21 bits per heavy atom. The van der Waals surface area contributed by atoms with E-state index in [2.05, 4.69) is 9.97 Å². The fourth-order valence-electron chi connectivity index (χ4n) is 3.82. The molecule has 4 rings (SSSR count). The van der Waals surface area contributed by atoms with Crippen LogP contribution >= 0.6 is 0 Å². The van der Waals surface area contributed by atoms with Crippen molar-refractivity contribution in [3.63, 3.8) is 0 Å². The number of nitrogens with zero attached hydrogens (tertiary/aromatic N) is 3. The molecule has 6 heteroatoms. The van der Waals surface area contributed by atoms with Crippen molar-refractivity contribution < 1.29 is 13.9 Å². The van der Waals surface area contributed by atoms with Crippen LogP contribution in [-0.2, 0) is 0 Å². The van der Waals surface area contributed by atoms with E-state index >= 15 is 0 Å². The van der Waals surface area contributed by atoms with Crippen molar-refractivity contribution in [2.75, 3.05) is 0 Å². The van der Waals surface area contributed by atoms with Gasteiger partial charge in [-0.25, -0.2) is 9.37 Å². The Morgan fingerprint density at radius 3 is 2.67 bits per heavy atom. The van der Waals surface area contributed by atoms with Gasteiger partial charge in [0, 0.05) is 43.4 Å². The number of pyridine rings is 2. The molecule has 2 aliphatic rings. The molecular formula is C18H18FN3O2. The summed E-state index contributed by atoms with van der Waals surface area (Å²) in [6.45, 7) is 0. The predicted octanol–water partition coefficient (Wildman–Crippen LogP) is 2.83. The van der Waals surface area contributed by atoms with Crippen LogP contribution in [-0.4, -0.2) is 39.0 Å². The molecule has 24 heavy (non-hydrogen) atoms. The fraction of sp³-hybridized carbons (Fsp3) is 0.389. The topological polar surface area (TPSA) is 55.3 Å². The van der Waals surface area contributed by atoms with Crippen LogP contribution in [0.15, 0.2) is 42.9 Å². The van der Waals surface area contributed by atoms with Gasteiger partial charge in [-0.3, -0.25) is 9.78 Å². The summed E-state index contributed by atoms with van der Waals surface area (Å²) in [4.78, 5) is 22.6. The van der Waals surface area contributed by atoms with Crippen molar-refractivity contribution in [1.82, 2.24) is 14.9 Å². The van der Waals surface area contributed by atoms with Crippen LogP contribution in [0, 0.1) is 5.82 Å². The molecule has 2 aromatic heterocycles. The number of carbonyl (C=O) groups excluding carboxylic acids is 1. The van der Waals surface area contributed by atoms with E-state index in [0.29, 0.717) is 11.4 Å². The highest BCUT2D eigenvalue weighted by Crippen LogP contribution is 2.38. The van der Waals surface area contributed by atoms with Gasteiger partial charge in [-0.15, -0.1) is 0 Å². The SMILES string of the molecule is O=C(c1cncc(F)c1)N1C2CCC1CC(Oc1ccccn1)C2. The molecule has 2 atom stereocenters. The molecule has 0 radical (unpaired) electrons. The average molecular weight is 327 g/mol. The Kier molecular flexibility index (Phi) is 3.88. The molecule has 124 valence electrons. The first-order valence-corrected chi connectivity index (χ1v) is 8.21. The maximum atomic E-state index is 13.3. The van der Waals surface area contributed by atoms with Gasteiger partial charge in [0.15, 0.2) is 0 Å². The summed E-state index contributed by atoms with van der Waals surface area (Å²) < 4.78 is 19.3. The molecule has 1 amide bonds. The second-order valence-corrected chi connectivity index (χ2v) is 6.37. The minimum absolute atomic E-state index is 0.0621. The Labute approximate surface area is 139 Å². The van der Waals surface area contributed by atoms with Crippen LogP contribution in [0.2, 0.25) is 0 Å². The van der Waals surface area contributed by atoms with Gasteiger partial charge < -0.3 is 9.64 Å². The Hall–Kier alpha value is -2.50. The van der Waals surface area contributed by atoms with Crippen molar-refractivity contribution in [3.8, 4) is 5.88 Å². The Balaban J connectivity index is 1.48. The number of hydrogen-bond donors (Lipinski definition) is 0. The molecule has 2 unspecified atom stereocenters. The van der Waals surface area contributed by atoms with Crippen molar-refractivity contribution in [1.29, 1.82) is 0 Å². The van der Waals surface area contributed by atoms with Gasteiger partial charge in [-0.05, 0) is 25.0 Å². The summed E-state index contributed by atoms with van der Waals surface area (Å²) in [5.41, 5.74) is 0.316. The monoisotopic (exact) mass is 327 g/mol. The third-order valence-electron chi connectivity index (χ3n) is 4.80. The highest BCUT2D eigenvalue weighted by molar-refractivity contribution is 5.94. The largest absolute Gasteiger partial charge is 0.474 e. The molecule has 0 aromatic carbocycles. The van der Waals surface area contributed by atoms with E-state index < -0.39 is 5.82 Å². The Bertz CT molecular complexity index is 726. The van der Waals surface area contributed by atoms with Crippen LogP contribution in [0.25, 0.3) is 0 Å². The van der Waals surface area contributed by atoms with Crippen LogP contribution < -0.4 is 4.74 Å². The molecule has 5 nitrogen and oxygen atoms in total. The van der Waals surface area contributed by atoms with E-state index in [1.165, 1.54) is 12.3 Å². The minimum atomic E-state index is -0.485. The molecular weight excluding hydrogens is 309 g/mol. The van der Waals surface area contributed by atoms with Crippen molar-refractivity contribution in [3.05, 3.63) is 54.2 Å². The number of hydrogen-bond acceptors (Lipinski definition) is 4. The van der Waals surface area contributed by atoms with Crippen LogP contribution in [0.5, 0.6) is 5.88 Å². The first kappa shape index (κ1) is 15.1. The summed E-state index contributed by atoms with van der Waals surface area (Å²) in [6.07, 6.45) is 7.79. The highest BCUT2D eigenvalue weighted by atomic mass is 19.1. The second kappa shape index (κ2) is 6.19. The summed E-state index contributed by atoms with van der Waals surface area (Å²) >= 11 is 0. The lowest BCUT2D eigenvalue weighted by atomic mass is 9.98. The van der Waals surface area contributed by atoms with Gasteiger partial charge in [0.05, 0.1) is 11.8 Å². The van der Waals surface area contributed by atoms with Crippen molar-refractivity contribution in [2.24, 2.45) is 0 Å². The van der Waals surface area contributed by atoms with Crippen molar-refractivity contribution in [2.45, 2.75) is 43.9 Å². The third kappa shape index (κ3) is 2.84. The lowest BCUT2D eigenvalue weighted by Crippen LogP contribution is -2.49. The summed E-state index contributed by atoms with van der Waals surface area (Å²) in [5, 5.41) is 0.